The van der Waals surface area contributed by atoms with E-state index in [0.29, 0.717) is 6.54 Å². The molecule has 0 amide bonds. The van der Waals surface area contributed by atoms with E-state index in [4.69, 9.17) is 11.6 Å². The normalized spacial score (nSPS) is 16.1. The molecule has 1 aliphatic carbocycles. The van der Waals surface area contributed by atoms with E-state index >= 15 is 0 Å². The van der Waals surface area contributed by atoms with Crippen LogP contribution in [-0.4, -0.2) is 23.7 Å². The smallest absolute Gasteiger partial charge is 0.232 e. The van der Waals surface area contributed by atoms with E-state index < -0.39 is 10.0 Å². The highest BCUT2D eigenvalue weighted by molar-refractivity contribution is 7.91. The number of aromatic nitrogens is 1. The maximum Gasteiger partial charge on any atom is 0.254 e. The van der Waals surface area contributed by atoms with Gasteiger partial charge in [0.25, 0.3) is 10.0 Å². The van der Waals surface area contributed by atoms with Crippen LogP contribution in [0.5, 0.6) is 0 Å². The van der Waals surface area contributed by atoms with Crippen molar-refractivity contribution in [2.75, 3.05) is 0 Å². The van der Waals surface area contributed by atoms with Crippen molar-refractivity contribution in [3.63, 3.8) is 0 Å². The highest BCUT2D eigenvalue weighted by atomic mass is 35.5. The molecule has 0 atom stereocenters. The van der Waals surface area contributed by atoms with Crippen LogP contribution in [0.15, 0.2) is 27.9 Å². The Bertz CT molecular complexity index is 662. The summed E-state index contributed by atoms with van der Waals surface area (Å²) in [4.78, 5) is 4.87. The largest absolute Gasteiger partial charge is 0.254 e. The second-order valence-corrected chi connectivity index (χ2v) is 9.06. The Labute approximate surface area is 124 Å². The number of hydrogen-bond donors (Lipinski definition) is 0. The predicted octanol–water partition coefficient (Wildman–Crippen LogP) is 3.21. The van der Waals surface area contributed by atoms with Crippen LogP contribution in [-0.2, 0) is 16.6 Å². The molecular formula is C11H11ClN2O2S3. The molecule has 2 aromatic heterocycles. The molecule has 1 fully saturated rings. The van der Waals surface area contributed by atoms with Crippen LogP contribution in [0.2, 0.25) is 4.47 Å². The van der Waals surface area contributed by atoms with Crippen molar-refractivity contribution in [3.8, 4) is 0 Å². The van der Waals surface area contributed by atoms with Crippen LogP contribution in [0.3, 0.4) is 0 Å². The minimum absolute atomic E-state index is 0.118. The second-order valence-electron chi connectivity index (χ2n) is 4.29. The first-order valence-corrected chi connectivity index (χ1v) is 9.24. The van der Waals surface area contributed by atoms with Crippen LogP contribution in [0, 0.1) is 0 Å². The van der Waals surface area contributed by atoms with Gasteiger partial charge in [-0.2, -0.15) is 4.31 Å². The molecule has 3 rings (SSSR count). The summed E-state index contributed by atoms with van der Waals surface area (Å²) in [6.07, 6.45) is 3.19. The quantitative estimate of drug-likeness (QED) is 0.843. The topological polar surface area (TPSA) is 50.3 Å². The van der Waals surface area contributed by atoms with Gasteiger partial charge in [-0.3, -0.25) is 0 Å². The summed E-state index contributed by atoms with van der Waals surface area (Å²) in [5.74, 6) is 0. The molecule has 0 spiro atoms. The van der Waals surface area contributed by atoms with Gasteiger partial charge >= 0.3 is 0 Å². The minimum atomic E-state index is -3.48. The van der Waals surface area contributed by atoms with Crippen LogP contribution >= 0.6 is 34.3 Å². The second kappa shape index (κ2) is 5.14. The summed E-state index contributed by atoms with van der Waals surface area (Å²) < 4.78 is 27.2. The number of nitrogens with zero attached hydrogens (tertiary/aromatic N) is 2. The Kier molecular flexibility index (Phi) is 3.65. The van der Waals surface area contributed by atoms with E-state index in [2.05, 4.69) is 4.98 Å². The average Bonchev–Trinajstić information content (AvgIpc) is 2.88. The predicted molar refractivity (Wildman–Crippen MR) is 77.2 cm³/mol. The lowest BCUT2D eigenvalue weighted by Crippen LogP contribution is -2.31. The van der Waals surface area contributed by atoms with Gasteiger partial charge in [-0.25, -0.2) is 13.4 Å². The maximum absolute atomic E-state index is 12.6. The summed E-state index contributed by atoms with van der Waals surface area (Å²) in [7, 11) is -3.48. The monoisotopic (exact) mass is 334 g/mol. The van der Waals surface area contributed by atoms with Crippen LogP contribution in [0.1, 0.15) is 17.7 Å². The molecular weight excluding hydrogens is 324 g/mol. The molecule has 4 nitrogen and oxygen atoms in total. The summed E-state index contributed by atoms with van der Waals surface area (Å²) >= 11 is 8.31. The van der Waals surface area contributed by atoms with E-state index in [-0.39, 0.29) is 14.7 Å². The van der Waals surface area contributed by atoms with Gasteiger partial charge in [0.2, 0.25) is 0 Å². The Balaban J connectivity index is 1.91. The third-order valence-electron chi connectivity index (χ3n) is 2.87. The van der Waals surface area contributed by atoms with Crippen molar-refractivity contribution >= 4 is 44.3 Å². The van der Waals surface area contributed by atoms with Gasteiger partial charge in [0.15, 0.2) is 8.68 Å². The molecule has 2 aromatic rings. The van der Waals surface area contributed by atoms with E-state index in [0.717, 1.165) is 29.1 Å². The first-order chi connectivity index (χ1) is 9.07. The van der Waals surface area contributed by atoms with Crippen molar-refractivity contribution in [3.05, 3.63) is 33.1 Å². The fourth-order valence-electron chi connectivity index (χ4n) is 1.80. The molecule has 8 heteroatoms. The first kappa shape index (κ1) is 13.5. The van der Waals surface area contributed by atoms with Crippen LogP contribution in [0.4, 0.5) is 0 Å². The summed E-state index contributed by atoms with van der Waals surface area (Å²) in [6, 6.07) is 4.00. The Morgan fingerprint density at radius 2 is 2.26 bits per heavy atom. The summed E-state index contributed by atoms with van der Waals surface area (Å²) in [5.41, 5.74) is 0. The van der Waals surface area contributed by atoms with Gasteiger partial charge in [0.1, 0.15) is 0 Å². The molecule has 1 aliphatic rings. The Hall–Kier alpha value is -0.470. The molecule has 0 aliphatic heterocycles. The van der Waals surface area contributed by atoms with E-state index in [1.165, 1.54) is 6.20 Å². The van der Waals surface area contributed by atoms with Crippen molar-refractivity contribution in [2.24, 2.45) is 0 Å². The number of thiazole rings is 1. The lowest BCUT2D eigenvalue weighted by atomic mass is 10.4. The standard InChI is InChI=1S/C11H11ClN2O2S3/c12-11-13-6-10(18-11)19(15,16)14(8-3-4-8)7-9-2-1-5-17-9/h1-2,5-6,8H,3-4,7H2. The fourth-order valence-corrected chi connectivity index (χ4v) is 5.67. The molecule has 0 bridgehead atoms. The van der Waals surface area contributed by atoms with Crippen molar-refractivity contribution in [1.29, 1.82) is 0 Å². The van der Waals surface area contributed by atoms with Crippen molar-refractivity contribution in [1.82, 2.24) is 9.29 Å². The number of halogens is 1. The zero-order chi connectivity index (χ0) is 13.5. The maximum atomic E-state index is 12.6. The molecule has 102 valence electrons. The zero-order valence-electron chi connectivity index (χ0n) is 9.82. The third-order valence-corrected chi connectivity index (χ3v) is 7.18. The van der Waals surface area contributed by atoms with E-state index in [9.17, 15) is 8.42 Å². The highest BCUT2D eigenvalue weighted by Gasteiger charge is 2.39. The fraction of sp³-hybridized carbons (Fsp3) is 0.364. The van der Waals surface area contributed by atoms with Crippen molar-refractivity contribution in [2.45, 2.75) is 29.6 Å². The molecule has 19 heavy (non-hydrogen) atoms. The molecule has 0 radical (unpaired) electrons. The number of thiophene rings is 1. The zero-order valence-corrected chi connectivity index (χ0v) is 13.0. The van der Waals surface area contributed by atoms with Gasteiger partial charge in [0, 0.05) is 17.5 Å². The number of sulfonamides is 1. The number of rotatable bonds is 5. The number of hydrogen-bond acceptors (Lipinski definition) is 5. The third kappa shape index (κ3) is 2.85. The molecule has 0 unspecified atom stereocenters. The first-order valence-electron chi connectivity index (χ1n) is 5.73. The van der Waals surface area contributed by atoms with Crippen LogP contribution < -0.4 is 0 Å². The molecule has 1 saturated carbocycles. The van der Waals surface area contributed by atoms with Crippen LogP contribution in [0.25, 0.3) is 0 Å². The van der Waals surface area contributed by atoms with Gasteiger partial charge in [0.05, 0.1) is 6.20 Å². The highest BCUT2D eigenvalue weighted by Crippen LogP contribution is 2.36. The Morgan fingerprint density at radius 1 is 1.47 bits per heavy atom. The van der Waals surface area contributed by atoms with Crippen molar-refractivity contribution < 1.29 is 8.42 Å². The molecule has 2 heterocycles. The lowest BCUT2D eigenvalue weighted by molar-refractivity contribution is 0.402. The summed E-state index contributed by atoms with van der Waals surface area (Å²) in [5, 5.41) is 1.95. The molecule has 0 N–H and O–H groups in total. The lowest BCUT2D eigenvalue weighted by Gasteiger charge is -2.19. The van der Waals surface area contributed by atoms with Gasteiger partial charge < -0.3 is 0 Å². The van der Waals surface area contributed by atoms with Gasteiger partial charge in [-0.15, -0.1) is 11.3 Å². The Morgan fingerprint density at radius 3 is 2.79 bits per heavy atom. The molecule has 0 aromatic carbocycles. The molecule has 0 saturated heterocycles. The van der Waals surface area contributed by atoms with E-state index in [1.54, 1.807) is 15.6 Å². The SMILES string of the molecule is O=S(=O)(c1cnc(Cl)s1)N(Cc1cccs1)C1CC1. The minimum Gasteiger partial charge on any atom is -0.232 e. The van der Waals surface area contributed by atoms with Gasteiger partial charge in [-0.05, 0) is 24.3 Å². The van der Waals surface area contributed by atoms with Gasteiger partial charge in [-0.1, -0.05) is 29.0 Å². The summed E-state index contributed by atoms with van der Waals surface area (Å²) in [6.45, 7) is 0.431. The van der Waals surface area contributed by atoms with E-state index in [1.807, 2.05) is 17.5 Å². The average molecular weight is 335 g/mol.